The van der Waals surface area contributed by atoms with Crippen LogP contribution in [0.25, 0.3) is 21.9 Å². The second kappa shape index (κ2) is 4.67. The van der Waals surface area contributed by atoms with E-state index in [-0.39, 0.29) is 0 Å². The van der Waals surface area contributed by atoms with Gasteiger partial charge in [-0.1, -0.05) is 0 Å². The van der Waals surface area contributed by atoms with Crippen molar-refractivity contribution in [2.45, 2.75) is 13.5 Å². The lowest BCUT2D eigenvalue weighted by atomic mass is 10.1. The second-order valence-electron chi connectivity index (χ2n) is 5.26. The minimum atomic E-state index is 0.571. The standard InChI is InChI=1S/C16H12N6/c1-10-6-19-22(8-10)9-15-20-14-7-18-13-3-2-11(5-17)4-12(13)16(14)21-15/h2-4,6-8H,9H2,1H3,(H,20,21). The molecule has 0 radical (unpaired) electrons. The summed E-state index contributed by atoms with van der Waals surface area (Å²) in [5.41, 5.74) is 4.25. The molecule has 0 bridgehead atoms. The summed E-state index contributed by atoms with van der Waals surface area (Å²) in [7, 11) is 0. The maximum Gasteiger partial charge on any atom is 0.129 e. The Hall–Kier alpha value is -3.20. The smallest absolute Gasteiger partial charge is 0.129 e. The molecule has 0 atom stereocenters. The van der Waals surface area contributed by atoms with Crippen molar-refractivity contribution < 1.29 is 0 Å². The van der Waals surface area contributed by atoms with Gasteiger partial charge < -0.3 is 4.98 Å². The molecule has 3 heterocycles. The number of benzene rings is 1. The molecule has 22 heavy (non-hydrogen) atoms. The molecule has 0 spiro atoms. The van der Waals surface area contributed by atoms with Gasteiger partial charge in [-0.05, 0) is 30.7 Å². The summed E-state index contributed by atoms with van der Waals surface area (Å²) < 4.78 is 1.84. The van der Waals surface area contributed by atoms with Gasteiger partial charge in [0.1, 0.15) is 5.82 Å². The Bertz CT molecular complexity index is 1030. The monoisotopic (exact) mass is 288 g/mol. The van der Waals surface area contributed by atoms with Gasteiger partial charge in [-0.25, -0.2) is 4.98 Å². The number of fused-ring (bicyclic) bond motifs is 3. The average molecular weight is 288 g/mol. The summed E-state index contributed by atoms with van der Waals surface area (Å²) in [6.07, 6.45) is 5.56. The molecule has 0 saturated carbocycles. The van der Waals surface area contributed by atoms with Crippen LogP contribution in [0.5, 0.6) is 0 Å². The number of nitrogens with zero attached hydrogens (tertiary/aromatic N) is 5. The highest BCUT2D eigenvalue weighted by Gasteiger charge is 2.09. The van der Waals surface area contributed by atoms with Gasteiger partial charge in [0.25, 0.3) is 0 Å². The third-order valence-electron chi connectivity index (χ3n) is 3.57. The van der Waals surface area contributed by atoms with Crippen molar-refractivity contribution in [1.29, 1.82) is 5.26 Å². The quantitative estimate of drug-likeness (QED) is 0.614. The zero-order chi connectivity index (χ0) is 15.1. The Labute approximate surface area is 126 Å². The van der Waals surface area contributed by atoms with Gasteiger partial charge in [0.2, 0.25) is 0 Å². The van der Waals surface area contributed by atoms with E-state index in [2.05, 4.69) is 26.1 Å². The van der Waals surface area contributed by atoms with Gasteiger partial charge in [0, 0.05) is 11.6 Å². The Kier molecular flexibility index (Phi) is 2.66. The van der Waals surface area contributed by atoms with E-state index in [0.717, 1.165) is 33.3 Å². The fourth-order valence-electron chi connectivity index (χ4n) is 2.56. The minimum Gasteiger partial charge on any atom is -0.339 e. The number of hydrogen-bond acceptors (Lipinski definition) is 4. The number of aromatic nitrogens is 5. The number of aryl methyl sites for hydroxylation is 1. The molecule has 3 aromatic heterocycles. The first-order valence-electron chi connectivity index (χ1n) is 6.89. The molecule has 0 aliphatic carbocycles. The molecule has 1 N–H and O–H groups in total. The number of H-pyrrole nitrogens is 1. The van der Waals surface area contributed by atoms with E-state index >= 15 is 0 Å². The number of nitrogens with one attached hydrogen (secondary N) is 1. The normalized spacial score (nSPS) is 11.1. The number of nitriles is 1. The zero-order valence-corrected chi connectivity index (χ0v) is 11.9. The molecule has 1 aromatic carbocycles. The lowest BCUT2D eigenvalue weighted by Crippen LogP contribution is -2.01. The van der Waals surface area contributed by atoms with Crippen LogP contribution >= 0.6 is 0 Å². The molecule has 0 fully saturated rings. The molecular weight excluding hydrogens is 276 g/mol. The summed E-state index contributed by atoms with van der Waals surface area (Å²) in [6.45, 7) is 2.57. The fraction of sp³-hybridized carbons (Fsp3) is 0.125. The van der Waals surface area contributed by atoms with E-state index < -0.39 is 0 Å². The van der Waals surface area contributed by atoms with Gasteiger partial charge in [0.05, 0.1) is 47.1 Å². The Balaban J connectivity index is 1.85. The first-order chi connectivity index (χ1) is 10.7. The summed E-state index contributed by atoms with van der Waals surface area (Å²) in [6, 6.07) is 7.59. The topological polar surface area (TPSA) is 83.2 Å². The number of imidazole rings is 1. The number of rotatable bonds is 2. The lowest BCUT2D eigenvalue weighted by Gasteiger charge is -1.97. The van der Waals surface area contributed by atoms with Crippen LogP contribution in [0.2, 0.25) is 0 Å². The van der Waals surface area contributed by atoms with Gasteiger partial charge in [0.15, 0.2) is 0 Å². The van der Waals surface area contributed by atoms with Gasteiger partial charge in [-0.2, -0.15) is 10.4 Å². The Morgan fingerprint density at radius 3 is 3.00 bits per heavy atom. The van der Waals surface area contributed by atoms with Crippen molar-refractivity contribution in [2.24, 2.45) is 0 Å². The Morgan fingerprint density at radius 1 is 1.32 bits per heavy atom. The van der Waals surface area contributed by atoms with E-state index in [1.54, 1.807) is 12.3 Å². The molecule has 0 aliphatic rings. The molecule has 6 nitrogen and oxygen atoms in total. The molecule has 4 rings (SSSR count). The predicted octanol–water partition coefficient (Wildman–Crippen LogP) is 2.54. The van der Waals surface area contributed by atoms with Crippen LogP contribution in [0.1, 0.15) is 17.0 Å². The van der Waals surface area contributed by atoms with Crippen LogP contribution in [0, 0.1) is 18.3 Å². The molecule has 6 heteroatoms. The minimum absolute atomic E-state index is 0.571. The molecule has 0 unspecified atom stereocenters. The molecule has 0 saturated heterocycles. The molecule has 4 aromatic rings. The number of aromatic amines is 1. The first kappa shape index (κ1) is 12.5. The summed E-state index contributed by atoms with van der Waals surface area (Å²) in [5, 5.41) is 14.2. The highest BCUT2D eigenvalue weighted by atomic mass is 15.3. The largest absolute Gasteiger partial charge is 0.339 e. The van der Waals surface area contributed by atoms with E-state index in [9.17, 15) is 0 Å². The third-order valence-corrected chi connectivity index (χ3v) is 3.57. The van der Waals surface area contributed by atoms with E-state index in [0.29, 0.717) is 12.1 Å². The van der Waals surface area contributed by atoms with Gasteiger partial charge in [-0.15, -0.1) is 0 Å². The predicted molar refractivity (Wildman–Crippen MR) is 82.2 cm³/mol. The SMILES string of the molecule is Cc1cnn(Cc2nc3c(cnc4ccc(C#N)cc43)[nH]2)c1. The summed E-state index contributed by atoms with van der Waals surface area (Å²) in [5.74, 6) is 0.815. The van der Waals surface area contributed by atoms with Crippen LogP contribution in [0.3, 0.4) is 0 Å². The van der Waals surface area contributed by atoms with Crippen molar-refractivity contribution in [1.82, 2.24) is 24.7 Å². The average Bonchev–Trinajstić information content (AvgIpc) is 3.12. The highest BCUT2D eigenvalue weighted by molar-refractivity contribution is 6.02. The van der Waals surface area contributed by atoms with Crippen LogP contribution in [-0.4, -0.2) is 24.7 Å². The van der Waals surface area contributed by atoms with Crippen LogP contribution < -0.4 is 0 Å². The van der Waals surface area contributed by atoms with E-state index in [4.69, 9.17) is 5.26 Å². The molecule has 0 aliphatic heterocycles. The van der Waals surface area contributed by atoms with Crippen molar-refractivity contribution in [3.8, 4) is 6.07 Å². The second-order valence-corrected chi connectivity index (χ2v) is 5.26. The highest BCUT2D eigenvalue weighted by Crippen LogP contribution is 2.23. The molecular formula is C16H12N6. The van der Waals surface area contributed by atoms with Crippen molar-refractivity contribution in [3.63, 3.8) is 0 Å². The first-order valence-corrected chi connectivity index (χ1v) is 6.89. The maximum absolute atomic E-state index is 9.06. The number of hydrogen-bond donors (Lipinski definition) is 1. The van der Waals surface area contributed by atoms with Crippen LogP contribution in [0.4, 0.5) is 0 Å². The van der Waals surface area contributed by atoms with Crippen molar-refractivity contribution >= 4 is 21.9 Å². The summed E-state index contributed by atoms with van der Waals surface area (Å²) in [4.78, 5) is 12.3. The zero-order valence-electron chi connectivity index (χ0n) is 11.9. The number of pyridine rings is 1. The lowest BCUT2D eigenvalue weighted by molar-refractivity contribution is 0.663. The van der Waals surface area contributed by atoms with Gasteiger partial charge >= 0.3 is 0 Å². The van der Waals surface area contributed by atoms with E-state index in [1.807, 2.05) is 36.1 Å². The van der Waals surface area contributed by atoms with Crippen molar-refractivity contribution in [3.05, 3.63) is 53.7 Å². The van der Waals surface area contributed by atoms with Crippen LogP contribution in [0.15, 0.2) is 36.8 Å². The maximum atomic E-state index is 9.06. The molecule has 106 valence electrons. The molecule has 0 amide bonds. The third kappa shape index (κ3) is 2.00. The Morgan fingerprint density at radius 2 is 2.23 bits per heavy atom. The van der Waals surface area contributed by atoms with Crippen molar-refractivity contribution in [2.75, 3.05) is 0 Å². The van der Waals surface area contributed by atoms with Crippen LogP contribution in [-0.2, 0) is 6.54 Å². The summed E-state index contributed by atoms with van der Waals surface area (Å²) >= 11 is 0. The van der Waals surface area contributed by atoms with E-state index in [1.165, 1.54) is 0 Å². The fourth-order valence-corrected chi connectivity index (χ4v) is 2.56. The van der Waals surface area contributed by atoms with Gasteiger partial charge in [-0.3, -0.25) is 9.67 Å².